The fraction of sp³-hybridized carbons (Fsp3) is 0.300. The lowest BCUT2D eigenvalue weighted by Gasteiger charge is -2.03. The molecule has 86 valence electrons. The number of nitrogens with two attached hydrogens (primary N) is 2. The smallest absolute Gasteiger partial charge is 0.269 e. The average molecular weight is 222 g/mol. The second-order valence-corrected chi connectivity index (χ2v) is 3.30. The molecule has 0 saturated carbocycles. The van der Waals surface area contributed by atoms with E-state index in [0.717, 1.165) is 0 Å². The fourth-order valence-corrected chi connectivity index (χ4v) is 1.13. The van der Waals surface area contributed by atoms with Crippen molar-refractivity contribution < 1.29 is 9.59 Å². The molecule has 0 aliphatic rings. The molecular weight excluding hydrogens is 208 g/mol. The molecule has 5 N–H and O–H groups in total. The first kappa shape index (κ1) is 12.0. The van der Waals surface area contributed by atoms with Gasteiger partial charge in [-0.15, -0.1) is 0 Å². The number of hydrogen-bond acceptors (Lipinski definition) is 4. The van der Waals surface area contributed by atoms with E-state index in [1.165, 1.54) is 12.3 Å². The van der Waals surface area contributed by atoms with Gasteiger partial charge >= 0.3 is 0 Å². The van der Waals surface area contributed by atoms with Gasteiger partial charge in [-0.2, -0.15) is 0 Å². The summed E-state index contributed by atoms with van der Waals surface area (Å²) in [7, 11) is 0. The van der Waals surface area contributed by atoms with Crippen LogP contribution in [0.5, 0.6) is 0 Å². The average Bonchev–Trinajstić information content (AvgIpc) is 2.24. The van der Waals surface area contributed by atoms with Gasteiger partial charge in [0.25, 0.3) is 5.91 Å². The number of hydrogen-bond donors (Lipinski definition) is 3. The predicted molar refractivity (Wildman–Crippen MR) is 59.4 cm³/mol. The van der Waals surface area contributed by atoms with Crippen molar-refractivity contribution >= 4 is 17.5 Å². The highest BCUT2D eigenvalue weighted by molar-refractivity contribution is 5.92. The maximum Gasteiger partial charge on any atom is 0.269 e. The summed E-state index contributed by atoms with van der Waals surface area (Å²) in [5, 5.41) is 2.62. The summed E-state index contributed by atoms with van der Waals surface area (Å²) in [4.78, 5) is 25.8. The molecule has 1 rings (SSSR count). The maximum atomic E-state index is 11.5. The van der Waals surface area contributed by atoms with Gasteiger partial charge in [0.15, 0.2) is 0 Å². The van der Waals surface area contributed by atoms with Crippen molar-refractivity contribution in [3.05, 3.63) is 24.0 Å². The minimum absolute atomic E-state index is 0.255. The zero-order valence-corrected chi connectivity index (χ0v) is 8.77. The van der Waals surface area contributed by atoms with Crippen LogP contribution >= 0.6 is 0 Å². The SMILES string of the molecule is NC(=O)CCCNC(=O)c1cc(N)ccn1. The summed E-state index contributed by atoms with van der Waals surface area (Å²) in [5.74, 6) is -0.687. The molecule has 0 aliphatic heterocycles. The largest absolute Gasteiger partial charge is 0.399 e. The zero-order valence-electron chi connectivity index (χ0n) is 8.77. The lowest BCUT2D eigenvalue weighted by Crippen LogP contribution is -2.26. The Kier molecular flexibility index (Phi) is 4.26. The van der Waals surface area contributed by atoms with E-state index in [4.69, 9.17) is 11.5 Å². The van der Waals surface area contributed by atoms with Gasteiger partial charge in [-0.05, 0) is 18.6 Å². The molecule has 0 radical (unpaired) electrons. The Morgan fingerprint density at radius 2 is 2.19 bits per heavy atom. The van der Waals surface area contributed by atoms with E-state index in [1.807, 2.05) is 0 Å². The third kappa shape index (κ3) is 3.95. The summed E-state index contributed by atoms with van der Waals surface area (Å²) in [6.45, 7) is 0.387. The van der Waals surface area contributed by atoms with Crippen molar-refractivity contribution in [2.75, 3.05) is 12.3 Å². The Morgan fingerprint density at radius 1 is 1.44 bits per heavy atom. The van der Waals surface area contributed by atoms with Gasteiger partial charge in [-0.1, -0.05) is 0 Å². The zero-order chi connectivity index (χ0) is 12.0. The van der Waals surface area contributed by atoms with Gasteiger partial charge in [0.1, 0.15) is 5.69 Å². The van der Waals surface area contributed by atoms with Crippen LogP contribution in [0.1, 0.15) is 23.3 Å². The number of primary amides is 1. The first-order valence-corrected chi connectivity index (χ1v) is 4.87. The third-order valence-corrected chi connectivity index (χ3v) is 1.90. The number of carbonyl (C=O) groups is 2. The summed E-state index contributed by atoms with van der Waals surface area (Å²) in [6.07, 6.45) is 2.24. The molecule has 0 atom stereocenters. The van der Waals surface area contributed by atoms with Crippen molar-refractivity contribution in [2.24, 2.45) is 5.73 Å². The molecule has 0 fully saturated rings. The monoisotopic (exact) mass is 222 g/mol. The number of pyridine rings is 1. The van der Waals surface area contributed by atoms with Gasteiger partial charge in [0.05, 0.1) is 0 Å². The number of rotatable bonds is 5. The number of anilines is 1. The lowest BCUT2D eigenvalue weighted by molar-refractivity contribution is -0.118. The minimum atomic E-state index is -0.378. The molecule has 0 aliphatic carbocycles. The summed E-state index contributed by atoms with van der Waals surface area (Å²) >= 11 is 0. The highest BCUT2D eigenvalue weighted by atomic mass is 16.2. The first-order chi connectivity index (χ1) is 7.59. The minimum Gasteiger partial charge on any atom is -0.399 e. The maximum absolute atomic E-state index is 11.5. The van der Waals surface area contributed by atoms with Crippen LogP contribution in [0, 0.1) is 0 Å². The standard InChI is InChI=1S/C10H14N4O2/c11-7-3-5-13-8(6-7)10(16)14-4-1-2-9(12)15/h3,5-6H,1-2,4H2,(H2,11,13)(H2,12,15)(H,14,16). The van der Waals surface area contributed by atoms with Crippen LogP contribution in [0.3, 0.4) is 0 Å². The van der Waals surface area contributed by atoms with E-state index in [-0.39, 0.29) is 23.9 Å². The quantitative estimate of drug-likeness (QED) is 0.591. The Morgan fingerprint density at radius 3 is 2.81 bits per heavy atom. The van der Waals surface area contributed by atoms with E-state index in [1.54, 1.807) is 6.07 Å². The second-order valence-electron chi connectivity index (χ2n) is 3.30. The highest BCUT2D eigenvalue weighted by Crippen LogP contribution is 2.02. The molecule has 0 spiro atoms. The van der Waals surface area contributed by atoms with E-state index >= 15 is 0 Å². The van der Waals surface area contributed by atoms with E-state index < -0.39 is 0 Å². The molecule has 1 aromatic heterocycles. The van der Waals surface area contributed by atoms with Crippen LogP contribution in [0.15, 0.2) is 18.3 Å². The van der Waals surface area contributed by atoms with Gasteiger partial charge < -0.3 is 16.8 Å². The number of nitrogens with zero attached hydrogens (tertiary/aromatic N) is 1. The van der Waals surface area contributed by atoms with E-state index in [9.17, 15) is 9.59 Å². The molecule has 1 aromatic rings. The van der Waals surface area contributed by atoms with Crippen LogP contribution in [-0.2, 0) is 4.79 Å². The van der Waals surface area contributed by atoms with Crippen LogP contribution in [0.4, 0.5) is 5.69 Å². The van der Waals surface area contributed by atoms with Crippen LogP contribution in [-0.4, -0.2) is 23.3 Å². The highest BCUT2D eigenvalue weighted by Gasteiger charge is 2.06. The van der Waals surface area contributed by atoms with Crippen LogP contribution in [0.25, 0.3) is 0 Å². The Hall–Kier alpha value is -2.11. The molecule has 2 amide bonds. The number of nitrogens with one attached hydrogen (secondary N) is 1. The normalized spacial score (nSPS) is 9.75. The molecule has 1 heterocycles. The van der Waals surface area contributed by atoms with Crippen molar-refractivity contribution in [3.63, 3.8) is 0 Å². The van der Waals surface area contributed by atoms with Crippen molar-refractivity contribution in [1.29, 1.82) is 0 Å². The number of amides is 2. The fourth-order valence-electron chi connectivity index (χ4n) is 1.13. The van der Waals surface area contributed by atoms with Gasteiger partial charge in [0.2, 0.25) is 5.91 Å². The number of aromatic nitrogens is 1. The molecule has 16 heavy (non-hydrogen) atoms. The van der Waals surface area contributed by atoms with E-state index in [2.05, 4.69) is 10.3 Å². The van der Waals surface area contributed by atoms with E-state index in [0.29, 0.717) is 18.7 Å². The number of carbonyl (C=O) groups excluding carboxylic acids is 2. The molecule has 6 heteroatoms. The first-order valence-electron chi connectivity index (χ1n) is 4.87. The predicted octanol–water partition coefficient (Wildman–Crippen LogP) is -0.341. The Labute approximate surface area is 93.0 Å². The van der Waals surface area contributed by atoms with Crippen LogP contribution < -0.4 is 16.8 Å². The van der Waals surface area contributed by atoms with Gasteiger partial charge in [-0.3, -0.25) is 14.6 Å². The molecule has 0 unspecified atom stereocenters. The van der Waals surface area contributed by atoms with Gasteiger partial charge in [-0.25, -0.2) is 0 Å². The molecule has 0 bridgehead atoms. The second kappa shape index (κ2) is 5.69. The van der Waals surface area contributed by atoms with Crippen molar-refractivity contribution in [1.82, 2.24) is 10.3 Å². The molecule has 6 nitrogen and oxygen atoms in total. The van der Waals surface area contributed by atoms with Crippen LogP contribution in [0.2, 0.25) is 0 Å². The Balaban J connectivity index is 2.38. The Bertz CT molecular complexity index is 392. The third-order valence-electron chi connectivity index (χ3n) is 1.90. The van der Waals surface area contributed by atoms with Crippen molar-refractivity contribution in [3.8, 4) is 0 Å². The molecular formula is C10H14N4O2. The summed E-state index contributed by atoms with van der Waals surface area (Å²) < 4.78 is 0. The number of nitrogen functional groups attached to an aromatic ring is 1. The summed E-state index contributed by atoms with van der Waals surface area (Å²) in [6, 6.07) is 3.09. The molecule has 0 aromatic carbocycles. The van der Waals surface area contributed by atoms with Crippen molar-refractivity contribution in [2.45, 2.75) is 12.8 Å². The molecule has 0 saturated heterocycles. The summed E-state index contributed by atoms with van der Waals surface area (Å²) in [5.41, 5.74) is 11.2. The van der Waals surface area contributed by atoms with Gasteiger partial charge in [0, 0.05) is 24.8 Å². The topological polar surface area (TPSA) is 111 Å². The lowest BCUT2D eigenvalue weighted by atomic mass is 10.3.